The SMILES string of the molecule is CNc1nc(-c2cc3c(n(CCOC)c2=O)CCC3)cs1. The van der Waals surface area contributed by atoms with Gasteiger partial charge in [0.1, 0.15) is 0 Å². The van der Waals surface area contributed by atoms with Crippen molar-refractivity contribution in [1.82, 2.24) is 9.55 Å². The number of hydrogen-bond acceptors (Lipinski definition) is 5. The first-order chi connectivity index (χ1) is 10.2. The third-order valence-corrected chi connectivity index (χ3v) is 4.72. The molecule has 2 aromatic rings. The van der Waals surface area contributed by atoms with Crippen LogP contribution in [0.2, 0.25) is 0 Å². The zero-order valence-corrected chi connectivity index (χ0v) is 13.1. The Labute approximate surface area is 127 Å². The fourth-order valence-electron chi connectivity index (χ4n) is 2.83. The fourth-order valence-corrected chi connectivity index (χ4v) is 3.51. The standard InChI is InChI=1S/C15H19N3O2S/c1-16-15-17-12(9-21-15)11-8-10-4-3-5-13(10)18(14(11)19)6-7-20-2/h8-9H,3-7H2,1-2H3,(H,16,17). The summed E-state index contributed by atoms with van der Waals surface area (Å²) in [5.74, 6) is 0. The van der Waals surface area contributed by atoms with Gasteiger partial charge in [-0.15, -0.1) is 11.3 Å². The first-order valence-electron chi connectivity index (χ1n) is 7.12. The van der Waals surface area contributed by atoms with Gasteiger partial charge in [-0.1, -0.05) is 0 Å². The first-order valence-corrected chi connectivity index (χ1v) is 8.00. The molecule has 1 N–H and O–H groups in total. The molecular formula is C15H19N3O2S. The van der Waals surface area contributed by atoms with E-state index in [0.717, 1.165) is 30.1 Å². The molecule has 0 spiro atoms. The number of fused-ring (bicyclic) bond motifs is 1. The van der Waals surface area contributed by atoms with Crippen LogP contribution in [0.5, 0.6) is 0 Å². The minimum Gasteiger partial charge on any atom is -0.383 e. The largest absolute Gasteiger partial charge is 0.383 e. The molecule has 1 aliphatic carbocycles. The number of pyridine rings is 1. The summed E-state index contributed by atoms with van der Waals surface area (Å²) in [6, 6.07) is 2.03. The van der Waals surface area contributed by atoms with Gasteiger partial charge >= 0.3 is 0 Å². The van der Waals surface area contributed by atoms with Crippen molar-refractivity contribution in [1.29, 1.82) is 0 Å². The van der Waals surface area contributed by atoms with Crippen LogP contribution < -0.4 is 10.9 Å². The molecule has 3 rings (SSSR count). The van der Waals surface area contributed by atoms with Crippen LogP contribution in [0, 0.1) is 0 Å². The Morgan fingerprint density at radius 3 is 3.05 bits per heavy atom. The number of nitrogens with one attached hydrogen (secondary N) is 1. The van der Waals surface area contributed by atoms with E-state index in [9.17, 15) is 4.79 Å². The van der Waals surface area contributed by atoms with Gasteiger partial charge in [-0.25, -0.2) is 4.98 Å². The summed E-state index contributed by atoms with van der Waals surface area (Å²) in [5.41, 5.74) is 3.95. The molecule has 0 radical (unpaired) electrons. The van der Waals surface area contributed by atoms with Crippen LogP contribution in [-0.2, 0) is 24.1 Å². The smallest absolute Gasteiger partial charge is 0.260 e. The average molecular weight is 305 g/mol. The molecule has 0 aliphatic heterocycles. The van der Waals surface area contributed by atoms with Gasteiger partial charge in [0, 0.05) is 31.8 Å². The van der Waals surface area contributed by atoms with Crippen LogP contribution in [0.3, 0.4) is 0 Å². The fraction of sp³-hybridized carbons (Fsp3) is 0.467. The van der Waals surface area contributed by atoms with Crippen molar-refractivity contribution >= 4 is 16.5 Å². The highest BCUT2D eigenvalue weighted by molar-refractivity contribution is 7.14. The van der Waals surface area contributed by atoms with Gasteiger partial charge < -0.3 is 14.6 Å². The maximum Gasteiger partial charge on any atom is 0.260 e. The number of anilines is 1. The Morgan fingerprint density at radius 2 is 2.33 bits per heavy atom. The van der Waals surface area contributed by atoms with Crippen LogP contribution in [-0.4, -0.2) is 30.3 Å². The van der Waals surface area contributed by atoms with E-state index in [0.29, 0.717) is 18.7 Å². The maximum absolute atomic E-state index is 12.8. The van der Waals surface area contributed by atoms with Crippen molar-refractivity contribution in [3.05, 3.63) is 33.1 Å². The predicted octanol–water partition coefficient (Wildman–Crippen LogP) is 2.15. The Hall–Kier alpha value is -1.66. The molecule has 0 atom stereocenters. The lowest BCUT2D eigenvalue weighted by molar-refractivity contribution is 0.185. The number of methoxy groups -OCH3 is 1. The maximum atomic E-state index is 12.8. The highest BCUT2D eigenvalue weighted by Gasteiger charge is 2.20. The molecule has 0 fully saturated rings. The monoisotopic (exact) mass is 305 g/mol. The Balaban J connectivity index is 2.11. The number of hydrogen-bond donors (Lipinski definition) is 1. The molecule has 6 heteroatoms. The van der Waals surface area contributed by atoms with Crippen molar-refractivity contribution in [2.45, 2.75) is 25.8 Å². The average Bonchev–Trinajstić information content (AvgIpc) is 3.14. The summed E-state index contributed by atoms with van der Waals surface area (Å²) in [6.07, 6.45) is 3.13. The Morgan fingerprint density at radius 1 is 1.48 bits per heavy atom. The molecule has 0 saturated heterocycles. The number of aromatic nitrogens is 2. The normalized spacial score (nSPS) is 13.4. The zero-order valence-electron chi connectivity index (χ0n) is 12.3. The molecular weight excluding hydrogens is 286 g/mol. The van der Waals surface area contributed by atoms with Gasteiger partial charge in [0.05, 0.1) is 17.9 Å². The second-order valence-electron chi connectivity index (χ2n) is 5.12. The van der Waals surface area contributed by atoms with E-state index in [4.69, 9.17) is 4.74 Å². The summed E-state index contributed by atoms with van der Waals surface area (Å²) in [4.78, 5) is 17.3. The molecule has 0 unspecified atom stereocenters. The van der Waals surface area contributed by atoms with Crippen molar-refractivity contribution < 1.29 is 4.74 Å². The van der Waals surface area contributed by atoms with Gasteiger partial charge in [-0.3, -0.25) is 4.79 Å². The van der Waals surface area contributed by atoms with Crippen LogP contribution in [0.25, 0.3) is 11.3 Å². The molecule has 5 nitrogen and oxygen atoms in total. The van der Waals surface area contributed by atoms with Crippen molar-refractivity contribution in [3.8, 4) is 11.3 Å². The number of nitrogens with zero attached hydrogens (tertiary/aromatic N) is 2. The summed E-state index contributed by atoms with van der Waals surface area (Å²) >= 11 is 1.52. The lowest BCUT2D eigenvalue weighted by Crippen LogP contribution is -2.27. The quantitative estimate of drug-likeness (QED) is 0.919. The van der Waals surface area contributed by atoms with E-state index >= 15 is 0 Å². The molecule has 2 aromatic heterocycles. The summed E-state index contributed by atoms with van der Waals surface area (Å²) in [7, 11) is 3.50. The highest BCUT2D eigenvalue weighted by atomic mass is 32.1. The van der Waals surface area contributed by atoms with E-state index < -0.39 is 0 Å². The molecule has 0 saturated carbocycles. The van der Waals surface area contributed by atoms with Gasteiger partial charge in [-0.2, -0.15) is 0 Å². The highest BCUT2D eigenvalue weighted by Crippen LogP contribution is 2.27. The van der Waals surface area contributed by atoms with E-state index in [1.54, 1.807) is 7.11 Å². The minimum absolute atomic E-state index is 0.0423. The van der Waals surface area contributed by atoms with E-state index in [-0.39, 0.29) is 5.56 Å². The van der Waals surface area contributed by atoms with E-state index in [1.807, 2.05) is 23.1 Å². The summed E-state index contributed by atoms with van der Waals surface area (Å²) < 4.78 is 7.02. The number of rotatable bonds is 5. The lowest BCUT2D eigenvalue weighted by atomic mass is 10.1. The first kappa shape index (κ1) is 14.3. The van der Waals surface area contributed by atoms with Gasteiger partial charge in [0.2, 0.25) is 0 Å². The molecule has 0 bridgehead atoms. The zero-order chi connectivity index (χ0) is 14.8. The van der Waals surface area contributed by atoms with Crippen molar-refractivity contribution in [2.24, 2.45) is 0 Å². The molecule has 1 aliphatic rings. The second-order valence-corrected chi connectivity index (χ2v) is 5.98. The van der Waals surface area contributed by atoms with Gasteiger partial charge in [-0.05, 0) is 30.9 Å². The number of ether oxygens (including phenoxy) is 1. The van der Waals surface area contributed by atoms with E-state index in [1.165, 1.54) is 22.6 Å². The van der Waals surface area contributed by atoms with Crippen LogP contribution >= 0.6 is 11.3 Å². The molecule has 21 heavy (non-hydrogen) atoms. The molecule has 2 heterocycles. The molecule has 0 aromatic carbocycles. The molecule has 0 amide bonds. The third-order valence-electron chi connectivity index (χ3n) is 3.86. The third kappa shape index (κ3) is 2.61. The van der Waals surface area contributed by atoms with Gasteiger partial charge in [0.25, 0.3) is 5.56 Å². The second kappa shape index (κ2) is 5.99. The van der Waals surface area contributed by atoms with Crippen LogP contribution in [0.4, 0.5) is 5.13 Å². The van der Waals surface area contributed by atoms with Gasteiger partial charge in [0.15, 0.2) is 5.13 Å². The Kier molecular flexibility index (Phi) is 4.07. The number of thiazole rings is 1. The van der Waals surface area contributed by atoms with Crippen molar-refractivity contribution in [2.75, 3.05) is 26.1 Å². The topological polar surface area (TPSA) is 56.1 Å². The van der Waals surface area contributed by atoms with Crippen molar-refractivity contribution in [3.63, 3.8) is 0 Å². The van der Waals surface area contributed by atoms with Crippen LogP contribution in [0.1, 0.15) is 17.7 Å². The molecule has 112 valence electrons. The Bertz CT molecular complexity index is 705. The lowest BCUT2D eigenvalue weighted by Gasteiger charge is -2.13. The minimum atomic E-state index is 0.0423. The van der Waals surface area contributed by atoms with E-state index in [2.05, 4.69) is 10.3 Å². The summed E-state index contributed by atoms with van der Waals surface area (Å²) in [5, 5.41) is 5.78. The number of aryl methyl sites for hydroxylation is 1. The van der Waals surface area contributed by atoms with Crippen LogP contribution in [0.15, 0.2) is 16.2 Å². The predicted molar refractivity (Wildman–Crippen MR) is 85.3 cm³/mol. The summed E-state index contributed by atoms with van der Waals surface area (Å²) in [6.45, 7) is 1.16.